The highest BCUT2D eigenvalue weighted by Gasteiger charge is 2.44. The van der Waals surface area contributed by atoms with Gasteiger partial charge in [0.25, 0.3) is 0 Å². The highest BCUT2D eigenvalue weighted by molar-refractivity contribution is 7.89. The molecule has 0 amide bonds. The molecule has 3 aromatic rings. The summed E-state index contributed by atoms with van der Waals surface area (Å²) in [4.78, 5) is 0.285. The van der Waals surface area contributed by atoms with E-state index >= 15 is 0 Å². The van der Waals surface area contributed by atoms with Crippen molar-refractivity contribution in [3.63, 3.8) is 0 Å². The van der Waals surface area contributed by atoms with Crippen molar-refractivity contribution in [2.75, 3.05) is 0 Å². The molecule has 1 aromatic heterocycles. The van der Waals surface area contributed by atoms with E-state index in [9.17, 15) is 8.42 Å². The molecule has 0 radical (unpaired) electrons. The molecule has 3 N–H and O–H groups in total. The molecular formula is C25H30N6O2S. The minimum atomic E-state index is -3.60. The zero-order chi connectivity index (χ0) is 23.1. The molecule has 0 spiro atoms. The van der Waals surface area contributed by atoms with E-state index in [1.807, 2.05) is 12.1 Å². The standard InChI is InChI=1S/C25H30N6O2S/c32-34(33,20-9-5-2-6-10-20)29-25-21-15-19(13-14-22(21)26-28-25)23-24(18-11-12-18)31(30-27-23)16-17-7-3-1-4-8-17/h1-10,18-19,21-22,25-26,28-29H,11-16H2. The molecule has 1 saturated heterocycles. The Balaban J connectivity index is 1.22. The summed E-state index contributed by atoms with van der Waals surface area (Å²) in [6.45, 7) is 0.737. The van der Waals surface area contributed by atoms with Crippen molar-refractivity contribution in [3.05, 3.63) is 77.6 Å². The van der Waals surface area contributed by atoms with Gasteiger partial charge in [-0.25, -0.2) is 18.5 Å². The zero-order valence-electron chi connectivity index (χ0n) is 19.0. The fourth-order valence-corrected chi connectivity index (χ4v) is 6.75. The summed E-state index contributed by atoms with van der Waals surface area (Å²) in [5, 5.41) is 9.27. The highest BCUT2D eigenvalue weighted by Crippen LogP contribution is 2.46. The largest absolute Gasteiger partial charge is 0.253 e. The highest BCUT2D eigenvalue weighted by atomic mass is 32.2. The van der Waals surface area contributed by atoms with E-state index in [0.29, 0.717) is 5.92 Å². The first kappa shape index (κ1) is 21.9. The molecule has 4 unspecified atom stereocenters. The maximum absolute atomic E-state index is 12.9. The predicted octanol–water partition coefficient (Wildman–Crippen LogP) is 2.87. The second-order valence-electron chi connectivity index (χ2n) is 9.76. The van der Waals surface area contributed by atoms with Gasteiger partial charge < -0.3 is 0 Å². The van der Waals surface area contributed by atoms with Crippen LogP contribution in [0.3, 0.4) is 0 Å². The first-order valence-electron chi connectivity index (χ1n) is 12.1. The van der Waals surface area contributed by atoms with Crippen molar-refractivity contribution < 1.29 is 8.42 Å². The Morgan fingerprint density at radius 3 is 2.35 bits per heavy atom. The monoisotopic (exact) mass is 478 g/mol. The minimum absolute atomic E-state index is 0.142. The number of hydrogen-bond donors (Lipinski definition) is 3. The van der Waals surface area contributed by atoms with Crippen LogP contribution in [-0.2, 0) is 16.6 Å². The van der Waals surface area contributed by atoms with Crippen molar-refractivity contribution in [1.82, 2.24) is 30.6 Å². The fourth-order valence-electron chi connectivity index (χ4n) is 5.53. The van der Waals surface area contributed by atoms with E-state index in [-0.39, 0.29) is 28.9 Å². The van der Waals surface area contributed by atoms with Crippen LogP contribution in [0, 0.1) is 5.92 Å². The summed E-state index contributed by atoms with van der Waals surface area (Å²) < 4.78 is 30.9. The molecular weight excluding hydrogens is 448 g/mol. The van der Waals surface area contributed by atoms with Crippen LogP contribution >= 0.6 is 0 Å². The zero-order valence-corrected chi connectivity index (χ0v) is 19.8. The molecule has 6 rings (SSSR count). The number of nitrogens with one attached hydrogen (secondary N) is 3. The number of hydrazine groups is 1. The van der Waals surface area contributed by atoms with Gasteiger partial charge in [0.1, 0.15) is 0 Å². The topological polar surface area (TPSA) is 101 Å². The van der Waals surface area contributed by atoms with Crippen LogP contribution < -0.4 is 15.6 Å². The molecule has 3 aliphatic rings. The van der Waals surface area contributed by atoms with Gasteiger partial charge in [0.05, 0.1) is 29.0 Å². The lowest BCUT2D eigenvalue weighted by Gasteiger charge is -2.32. The molecule has 2 aromatic carbocycles. The van der Waals surface area contributed by atoms with Crippen LogP contribution in [0.2, 0.25) is 0 Å². The van der Waals surface area contributed by atoms with Gasteiger partial charge in [-0.1, -0.05) is 53.7 Å². The summed E-state index contributed by atoms with van der Waals surface area (Å²) in [5.74, 6) is 0.967. The first-order valence-corrected chi connectivity index (χ1v) is 13.6. The molecule has 2 heterocycles. The molecule has 0 bridgehead atoms. The van der Waals surface area contributed by atoms with E-state index in [4.69, 9.17) is 5.10 Å². The molecule has 4 atom stereocenters. The number of hydrogen-bond acceptors (Lipinski definition) is 6. The molecule has 2 saturated carbocycles. The van der Waals surface area contributed by atoms with Crippen LogP contribution in [-0.4, -0.2) is 35.6 Å². The van der Waals surface area contributed by atoms with E-state index in [2.05, 4.69) is 49.7 Å². The lowest BCUT2D eigenvalue weighted by Crippen LogP contribution is -2.47. The lowest BCUT2D eigenvalue weighted by molar-refractivity contribution is 0.268. The Hall–Kier alpha value is -2.59. The predicted molar refractivity (Wildman–Crippen MR) is 128 cm³/mol. The van der Waals surface area contributed by atoms with Gasteiger partial charge in [-0.2, -0.15) is 4.72 Å². The van der Waals surface area contributed by atoms with Gasteiger partial charge in [-0.05, 0) is 49.8 Å². The van der Waals surface area contributed by atoms with Crippen molar-refractivity contribution >= 4 is 10.0 Å². The summed E-state index contributed by atoms with van der Waals surface area (Å²) in [5.41, 5.74) is 10.2. The summed E-state index contributed by atoms with van der Waals surface area (Å²) >= 11 is 0. The van der Waals surface area contributed by atoms with Gasteiger partial charge in [0, 0.05) is 23.8 Å². The molecule has 178 valence electrons. The Kier molecular flexibility index (Phi) is 5.73. The van der Waals surface area contributed by atoms with E-state index < -0.39 is 10.0 Å². The average molecular weight is 479 g/mol. The Bertz CT molecular complexity index is 1240. The quantitative estimate of drug-likeness (QED) is 0.483. The second-order valence-corrected chi connectivity index (χ2v) is 11.5. The number of benzene rings is 2. The fraction of sp³-hybridized carbons (Fsp3) is 0.440. The van der Waals surface area contributed by atoms with Gasteiger partial charge in [-0.3, -0.25) is 5.43 Å². The van der Waals surface area contributed by atoms with Crippen LogP contribution in [0.5, 0.6) is 0 Å². The van der Waals surface area contributed by atoms with Crippen LogP contribution in [0.25, 0.3) is 0 Å². The molecule has 2 aliphatic carbocycles. The third-order valence-corrected chi connectivity index (χ3v) is 8.87. The Morgan fingerprint density at radius 1 is 0.912 bits per heavy atom. The van der Waals surface area contributed by atoms with Gasteiger partial charge in [0.2, 0.25) is 10.0 Å². The average Bonchev–Trinajstić information content (AvgIpc) is 3.51. The smallest absolute Gasteiger partial charge is 0.241 e. The van der Waals surface area contributed by atoms with Crippen LogP contribution in [0.15, 0.2) is 65.6 Å². The second kappa shape index (κ2) is 8.88. The van der Waals surface area contributed by atoms with E-state index in [1.54, 1.807) is 24.3 Å². The number of fused-ring (bicyclic) bond motifs is 1. The van der Waals surface area contributed by atoms with E-state index in [0.717, 1.165) is 31.5 Å². The first-order chi connectivity index (χ1) is 16.6. The normalized spacial score (nSPS) is 26.9. The van der Waals surface area contributed by atoms with Crippen LogP contribution in [0.1, 0.15) is 60.9 Å². The maximum atomic E-state index is 12.9. The van der Waals surface area contributed by atoms with Gasteiger partial charge in [-0.15, -0.1) is 5.10 Å². The summed E-state index contributed by atoms with van der Waals surface area (Å²) in [7, 11) is -3.60. The molecule has 9 heteroatoms. The van der Waals surface area contributed by atoms with Gasteiger partial charge in [0.15, 0.2) is 0 Å². The SMILES string of the molecule is O=S(=O)(NC1NNC2CCC(c3nnn(Cc4ccccc4)c3C3CC3)CC21)c1ccccc1. The van der Waals surface area contributed by atoms with E-state index in [1.165, 1.54) is 24.1 Å². The third kappa shape index (κ3) is 4.29. The van der Waals surface area contributed by atoms with Crippen molar-refractivity contribution in [2.24, 2.45) is 5.92 Å². The summed E-state index contributed by atoms with van der Waals surface area (Å²) in [6, 6.07) is 19.2. The number of rotatable bonds is 7. The van der Waals surface area contributed by atoms with Gasteiger partial charge >= 0.3 is 0 Å². The molecule has 3 fully saturated rings. The van der Waals surface area contributed by atoms with Crippen molar-refractivity contribution in [2.45, 2.75) is 67.6 Å². The lowest BCUT2D eigenvalue weighted by atomic mass is 9.76. The number of aromatic nitrogens is 3. The number of sulfonamides is 1. The van der Waals surface area contributed by atoms with Crippen LogP contribution in [0.4, 0.5) is 0 Å². The molecule has 1 aliphatic heterocycles. The van der Waals surface area contributed by atoms with Crippen molar-refractivity contribution in [3.8, 4) is 0 Å². The molecule has 8 nitrogen and oxygen atoms in total. The number of nitrogens with zero attached hydrogens (tertiary/aromatic N) is 3. The molecule has 34 heavy (non-hydrogen) atoms. The Morgan fingerprint density at radius 2 is 1.62 bits per heavy atom. The Labute approximate surface area is 200 Å². The van der Waals surface area contributed by atoms with Crippen molar-refractivity contribution in [1.29, 1.82) is 0 Å². The third-order valence-electron chi connectivity index (χ3n) is 7.41. The maximum Gasteiger partial charge on any atom is 0.241 e. The minimum Gasteiger partial charge on any atom is -0.253 e. The summed E-state index contributed by atoms with van der Waals surface area (Å²) in [6.07, 6.45) is 4.89.